The van der Waals surface area contributed by atoms with E-state index in [4.69, 9.17) is 25.4 Å². The first-order valence-corrected chi connectivity index (χ1v) is 13.8. The largest absolute Gasteiger partial charge is 0.476 e. The van der Waals surface area contributed by atoms with Crippen LogP contribution in [-0.2, 0) is 14.6 Å². The highest BCUT2D eigenvalue weighted by Gasteiger charge is 2.26. The van der Waals surface area contributed by atoms with Crippen molar-refractivity contribution in [2.75, 3.05) is 18.4 Å². The molecule has 0 spiro atoms. The van der Waals surface area contributed by atoms with Crippen LogP contribution in [0.4, 0.5) is 5.69 Å². The Morgan fingerprint density at radius 1 is 0.949 bits per heavy atom. The third-order valence-electron chi connectivity index (χ3n) is 6.09. The second kappa shape index (κ2) is 10.5. The summed E-state index contributed by atoms with van der Waals surface area (Å²) < 4.78 is 41.4. The minimum Gasteiger partial charge on any atom is -0.476 e. The number of sulfone groups is 1. The van der Waals surface area contributed by atoms with Crippen LogP contribution in [0.1, 0.15) is 17.2 Å². The number of hydrogen-bond acceptors (Lipinski definition) is 7. The molecule has 0 aliphatic carbocycles. The molecule has 0 saturated carbocycles. The maximum atomic E-state index is 13.5. The molecule has 1 aliphatic rings. The first kappa shape index (κ1) is 25.8. The van der Waals surface area contributed by atoms with Gasteiger partial charge in [-0.3, -0.25) is 10.2 Å². The molecule has 1 amide bonds. The van der Waals surface area contributed by atoms with Gasteiger partial charge in [0.2, 0.25) is 12.9 Å². The lowest BCUT2D eigenvalue weighted by Crippen LogP contribution is -2.26. The number of carbonyl (C=O) groups excluding carboxylic acids is 1. The number of rotatable bonds is 8. The molecule has 10 heteroatoms. The highest BCUT2D eigenvalue weighted by atomic mass is 32.2. The van der Waals surface area contributed by atoms with Crippen LogP contribution in [0, 0.1) is 5.41 Å². The van der Waals surface area contributed by atoms with E-state index in [0.717, 1.165) is 0 Å². The van der Waals surface area contributed by atoms with Crippen molar-refractivity contribution >= 4 is 27.3 Å². The third-order valence-corrected chi connectivity index (χ3v) is 7.24. The maximum Gasteiger partial charge on any atom is 0.270 e. The fraction of sp³-hybridized carbons (Fsp3) is 0.103. The predicted octanol–water partition coefficient (Wildman–Crippen LogP) is 4.53. The third kappa shape index (κ3) is 5.70. The van der Waals surface area contributed by atoms with E-state index in [1.54, 1.807) is 91.0 Å². The minimum absolute atomic E-state index is 0.0893. The summed E-state index contributed by atoms with van der Waals surface area (Å²) in [4.78, 5) is 13.8. The number of amides is 1. The first-order valence-electron chi connectivity index (χ1n) is 11.9. The van der Waals surface area contributed by atoms with Gasteiger partial charge in [0.25, 0.3) is 5.91 Å². The summed E-state index contributed by atoms with van der Waals surface area (Å²) in [6.07, 6.45) is 0.0929. The lowest BCUT2D eigenvalue weighted by atomic mass is 10.0. The number of carbonyl (C=O) groups is 1. The van der Waals surface area contributed by atoms with Gasteiger partial charge in [0, 0.05) is 28.6 Å². The lowest BCUT2D eigenvalue weighted by molar-refractivity contribution is -0.123. The quantitative estimate of drug-likeness (QED) is 0.219. The van der Waals surface area contributed by atoms with Crippen molar-refractivity contribution in [3.05, 3.63) is 102 Å². The number of hydrogen-bond donors (Lipinski definition) is 3. The molecule has 4 aromatic carbocycles. The van der Waals surface area contributed by atoms with Crippen LogP contribution in [-0.4, -0.2) is 33.2 Å². The molecule has 1 aliphatic heterocycles. The predicted molar refractivity (Wildman–Crippen MR) is 147 cm³/mol. The van der Waals surface area contributed by atoms with E-state index in [-0.39, 0.29) is 17.5 Å². The van der Waals surface area contributed by atoms with Crippen molar-refractivity contribution in [2.24, 2.45) is 5.73 Å². The molecule has 1 heterocycles. The zero-order chi connectivity index (χ0) is 27.6. The number of nitrogen functional groups attached to an aromatic ring is 1. The summed E-state index contributed by atoms with van der Waals surface area (Å²) in [6, 6.07) is 25.4. The normalized spacial score (nSPS) is 12.9. The van der Waals surface area contributed by atoms with Crippen LogP contribution in [0.5, 0.6) is 17.2 Å². The first-order chi connectivity index (χ1) is 18.7. The van der Waals surface area contributed by atoms with Gasteiger partial charge < -0.3 is 25.3 Å². The standard InChI is InChI=1S/C29H25N3O6S/c1-39(34,35)26-8-3-2-7-23(26)18-9-12-21(13-10-18)32-29(33)27(19-11-14-24-25(16-19)37-17-36-24)38-22-6-4-5-20(15-22)28(30)31/h2-16,27H,17H2,1H3,(H3,30,31)(H,32,33). The Kier molecular flexibility index (Phi) is 6.95. The van der Waals surface area contributed by atoms with Crippen LogP contribution in [0.15, 0.2) is 95.9 Å². The monoisotopic (exact) mass is 543 g/mol. The van der Waals surface area contributed by atoms with Crippen LogP contribution >= 0.6 is 0 Å². The minimum atomic E-state index is -3.42. The van der Waals surface area contributed by atoms with E-state index < -0.39 is 21.8 Å². The molecular weight excluding hydrogens is 518 g/mol. The molecule has 0 fully saturated rings. The topological polar surface area (TPSA) is 141 Å². The van der Waals surface area contributed by atoms with E-state index in [1.165, 1.54) is 6.26 Å². The summed E-state index contributed by atoms with van der Waals surface area (Å²) in [5.41, 5.74) is 8.37. The second-order valence-corrected chi connectivity index (χ2v) is 10.9. The average molecular weight is 544 g/mol. The molecule has 39 heavy (non-hydrogen) atoms. The van der Waals surface area contributed by atoms with E-state index in [0.29, 0.717) is 45.2 Å². The van der Waals surface area contributed by atoms with Gasteiger partial charge in [-0.15, -0.1) is 0 Å². The highest BCUT2D eigenvalue weighted by Crippen LogP contribution is 2.36. The number of benzene rings is 4. The molecule has 0 aromatic heterocycles. The molecule has 1 unspecified atom stereocenters. The Bertz CT molecular complexity index is 1670. The van der Waals surface area contributed by atoms with E-state index >= 15 is 0 Å². The maximum absolute atomic E-state index is 13.5. The molecule has 5 rings (SSSR count). The number of nitrogens with two attached hydrogens (primary N) is 1. The van der Waals surface area contributed by atoms with E-state index in [1.807, 2.05) is 0 Å². The molecule has 0 saturated heterocycles. The van der Waals surface area contributed by atoms with Crippen molar-refractivity contribution in [3.8, 4) is 28.4 Å². The molecule has 0 radical (unpaired) electrons. The van der Waals surface area contributed by atoms with E-state index in [2.05, 4.69) is 5.32 Å². The van der Waals surface area contributed by atoms with Gasteiger partial charge in [-0.2, -0.15) is 0 Å². The number of nitrogens with one attached hydrogen (secondary N) is 2. The van der Waals surface area contributed by atoms with Crippen LogP contribution < -0.4 is 25.3 Å². The number of anilines is 1. The molecule has 198 valence electrons. The Labute approximate surface area is 225 Å². The van der Waals surface area contributed by atoms with Gasteiger partial charge in [-0.25, -0.2) is 8.42 Å². The Morgan fingerprint density at radius 3 is 2.44 bits per heavy atom. The van der Waals surface area contributed by atoms with Crippen molar-refractivity contribution in [1.29, 1.82) is 5.41 Å². The fourth-order valence-corrected chi connectivity index (χ4v) is 5.10. The SMILES string of the molecule is CS(=O)(=O)c1ccccc1-c1ccc(NC(=O)C(Oc2cccc(C(=N)N)c2)c2ccc3c(c2)OCO3)cc1. The zero-order valence-electron chi connectivity index (χ0n) is 20.9. The van der Waals surface area contributed by atoms with Gasteiger partial charge in [0.05, 0.1) is 4.90 Å². The van der Waals surface area contributed by atoms with Gasteiger partial charge in [-0.05, 0) is 48.0 Å². The number of fused-ring (bicyclic) bond motifs is 1. The summed E-state index contributed by atoms with van der Waals surface area (Å²) in [6.45, 7) is 0.0893. The Morgan fingerprint density at radius 2 is 1.69 bits per heavy atom. The smallest absolute Gasteiger partial charge is 0.270 e. The second-order valence-electron chi connectivity index (χ2n) is 8.89. The highest BCUT2D eigenvalue weighted by molar-refractivity contribution is 7.90. The summed E-state index contributed by atoms with van der Waals surface area (Å²) in [5, 5.41) is 10.6. The fourth-order valence-electron chi connectivity index (χ4n) is 4.19. The Balaban J connectivity index is 1.43. The van der Waals surface area contributed by atoms with Gasteiger partial charge in [0.1, 0.15) is 11.6 Å². The van der Waals surface area contributed by atoms with Crippen molar-refractivity contribution in [3.63, 3.8) is 0 Å². The molecule has 4 N–H and O–H groups in total. The molecule has 1 atom stereocenters. The lowest BCUT2D eigenvalue weighted by Gasteiger charge is -2.20. The van der Waals surface area contributed by atoms with E-state index in [9.17, 15) is 13.2 Å². The summed E-state index contributed by atoms with van der Waals surface area (Å²) in [7, 11) is -3.42. The Hall–Kier alpha value is -4.83. The van der Waals surface area contributed by atoms with Crippen molar-refractivity contribution in [2.45, 2.75) is 11.0 Å². The molecule has 0 bridgehead atoms. The van der Waals surface area contributed by atoms with Gasteiger partial charge in [-0.1, -0.05) is 48.5 Å². The zero-order valence-corrected chi connectivity index (χ0v) is 21.7. The van der Waals surface area contributed by atoms with Crippen LogP contribution in [0.2, 0.25) is 0 Å². The average Bonchev–Trinajstić information content (AvgIpc) is 3.40. The van der Waals surface area contributed by atoms with Gasteiger partial charge >= 0.3 is 0 Å². The van der Waals surface area contributed by atoms with Crippen LogP contribution in [0.25, 0.3) is 11.1 Å². The van der Waals surface area contributed by atoms with Crippen molar-refractivity contribution in [1.82, 2.24) is 0 Å². The van der Waals surface area contributed by atoms with Crippen LogP contribution in [0.3, 0.4) is 0 Å². The molecule has 4 aromatic rings. The molecular formula is C29H25N3O6S. The van der Waals surface area contributed by atoms with Crippen molar-refractivity contribution < 1.29 is 27.4 Å². The number of ether oxygens (including phenoxy) is 3. The van der Waals surface area contributed by atoms with Gasteiger partial charge in [0.15, 0.2) is 21.3 Å². The summed E-state index contributed by atoms with van der Waals surface area (Å²) >= 11 is 0. The number of amidine groups is 1. The molecule has 9 nitrogen and oxygen atoms in total. The summed E-state index contributed by atoms with van der Waals surface area (Å²) in [5.74, 6) is 0.850.